The van der Waals surface area contributed by atoms with E-state index in [1.165, 1.54) is 18.3 Å². The number of nitrogens with zero attached hydrogens (tertiary/aromatic N) is 2. The molecule has 0 radical (unpaired) electrons. The number of ether oxygens (including phenoxy) is 1. The molecule has 2 aromatic heterocycles. The Morgan fingerprint density at radius 1 is 1.06 bits per heavy atom. The number of carboxylic acids is 1. The van der Waals surface area contributed by atoms with Crippen molar-refractivity contribution < 1.29 is 23.1 Å². The number of carbonyl (C=O) groups is 1. The SMILES string of the molecule is Cc1ccc(S(=O)(=O)NC(C)(C)C)c(-c2ccc(COc3ccc(C(=O)O)nc3)cn2)c1. The van der Waals surface area contributed by atoms with Crippen molar-refractivity contribution in [1.82, 2.24) is 14.7 Å². The molecular formula is C23H25N3O5S. The van der Waals surface area contributed by atoms with Gasteiger partial charge in [-0.3, -0.25) is 4.98 Å². The van der Waals surface area contributed by atoms with E-state index in [1.807, 2.05) is 6.92 Å². The van der Waals surface area contributed by atoms with Crippen LogP contribution in [0.1, 0.15) is 42.4 Å². The van der Waals surface area contributed by atoms with Gasteiger partial charge in [0.05, 0.1) is 16.8 Å². The predicted molar refractivity (Wildman–Crippen MR) is 120 cm³/mol. The van der Waals surface area contributed by atoms with Gasteiger partial charge in [0, 0.05) is 22.9 Å². The Labute approximate surface area is 187 Å². The molecule has 0 unspecified atom stereocenters. The summed E-state index contributed by atoms with van der Waals surface area (Å²) < 4.78 is 34.2. The van der Waals surface area contributed by atoms with Crippen molar-refractivity contribution in [2.24, 2.45) is 0 Å². The first-order valence-corrected chi connectivity index (χ1v) is 11.3. The topological polar surface area (TPSA) is 118 Å². The van der Waals surface area contributed by atoms with Crippen LogP contribution in [0, 0.1) is 6.92 Å². The number of sulfonamides is 1. The Bertz CT molecular complexity index is 1220. The number of nitrogens with one attached hydrogen (secondary N) is 1. The van der Waals surface area contributed by atoms with E-state index < -0.39 is 21.5 Å². The van der Waals surface area contributed by atoms with E-state index >= 15 is 0 Å². The van der Waals surface area contributed by atoms with Gasteiger partial charge in [0.1, 0.15) is 18.1 Å². The maximum Gasteiger partial charge on any atom is 0.354 e. The first-order valence-electron chi connectivity index (χ1n) is 9.87. The van der Waals surface area contributed by atoms with Crippen molar-refractivity contribution in [3.05, 3.63) is 71.7 Å². The molecule has 168 valence electrons. The van der Waals surface area contributed by atoms with Crippen LogP contribution in [0.2, 0.25) is 0 Å². The zero-order valence-corrected chi connectivity index (χ0v) is 19.1. The third-order valence-corrected chi connectivity index (χ3v) is 6.14. The van der Waals surface area contributed by atoms with Gasteiger partial charge in [0.25, 0.3) is 0 Å². The third-order valence-electron chi connectivity index (χ3n) is 4.33. The fraction of sp³-hybridized carbons (Fsp3) is 0.261. The first kappa shape index (κ1) is 23.4. The van der Waals surface area contributed by atoms with Gasteiger partial charge in [-0.05, 0) is 58.0 Å². The lowest BCUT2D eigenvalue weighted by Crippen LogP contribution is -2.40. The fourth-order valence-corrected chi connectivity index (χ4v) is 4.58. The Hall–Kier alpha value is -3.30. The summed E-state index contributed by atoms with van der Waals surface area (Å²) in [5, 5.41) is 8.89. The average molecular weight is 456 g/mol. The molecule has 0 bridgehead atoms. The minimum Gasteiger partial charge on any atom is -0.487 e. The number of aryl methyl sites for hydroxylation is 1. The van der Waals surface area contributed by atoms with Gasteiger partial charge < -0.3 is 9.84 Å². The highest BCUT2D eigenvalue weighted by Crippen LogP contribution is 2.28. The Kier molecular flexibility index (Phi) is 6.61. The van der Waals surface area contributed by atoms with Crippen LogP contribution in [0.3, 0.4) is 0 Å². The second-order valence-electron chi connectivity index (χ2n) is 8.38. The van der Waals surface area contributed by atoms with E-state index in [9.17, 15) is 13.2 Å². The number of aromatic carboxylic acids is 1. The van der Waals surface area contributed by atoms with Crippen LogP contribution in [-0.4, -0.2) is 35.0 Å². The highest BCUT2D eigenvalue weighted by atomic mass is 32.2. The van der Waals surface area contributed by atoms with E-state index in [0.717, 1.165) is 11.1 Å². The molecule has 1 aromatic carbocycles. The standard InChI is InChI=1S/C23H25N3O5S/c1-15-5-10-21(32(29,30)26-23(2,3)4)18(11-15)19-8-6-16(12-24-19)14-31-17-7-9-20(22(27)28)25-13-17/h5-13,26H,14H2,1-4H3,(H,27,28). The van der Waals surface area contributed by atoms with Crippen LogP contribution in [0.4, 0.5) is 0 Å². The quantitative estimate of drug-likeness (QED) is 0.556. The summed E-state index contributed by atoms with van der Waals surface area (Å²) in [7, 11) is -3.74. The molecule has 9 heteroatoms. The van der Waals surface area contributed by atoms with Gasteiger partial charge in [-0.1, -0.05) is 17.7 Å². The average Bonchev–Trinajstić information content (AvgIpc) is 2.71. The lowest BCUT2D eigenvalue weighted by molar-refractivity contribution is 0.0690. The van der Waals surface area contributed by atoms with E-state index in [4.69, 9.17) is 9.84 Å². The minimum atomic E-state index is -3.74. The van der Waals surface area contributed by atoms with Gasteiger partial charge in [0.15, 0.2) is 0 Å². The molecule has 3 aromatic rings. The zero-order chi connectivity index (χ0) is 23.5. The van der Waals surface area contributed by atoms with Crippen molar-refractivity contribution in [1.29, 1.82) is 0 Å². The lowest BCUT2D eigenvalue weighted by Gasteiger charge is -2.21. The molecule has 8 nitrogen and oxygen atoms in total. The maximum atomic E-state index is 12.9. The number of aromatic nitrogens is 2. The Morgan fingerprint density at radius 3 is 2.38 bits per heavy atom. The number of pyridine rings is 2. The van der Waals surface area contributed by atoms with Gasteiger partial charge in [0.2, 0.25) is 10.0 Å². The van der Waals surface area contributed by atoms with E-state index in [-0.39, 0.29) is 17.2 Å². The Morgan fingerprint density at radius 2 is 1.81 bits per heavy atom. The number of rotatable bonds is 7. The van der Waals surface area contributed by atoms with Crippen molar-refractivity contribution >= 4 is 16.0 Å². The monoisotopic (exact) mass is 455 g/mol. The van der Waals surface area contributed by atoms with E-state index in [1.54, 1.807) is 57.3 Å². The van der Waals surface area contributed by atoms with E-state index in [2.05, 4.69) is 14.7 Å². The van der Waals surface area contributed by atoms with Crippen molar-refractivity contribution in [2.75, 3.05) is 0 Å². The summed E-state index contributed by atoms with van der Waals surface area (Å²) in [6.45, 7) is 7.46. The second-order valence-corrected chi connectivity index (χ2v) is 10.0. The zero-order valence-electron chi connectivity index (χ0n) is 18.3. The smallest absolute Gasteiger partial charge is 0.354 e. The van der Waals surface area contributed by atoms with Crippen molar-refractivity contribution in [2.45, 2.75) is 44.7 Å². The van der Waals surface area contributed by atoms with Crippen molar-refractivity contribution in [3.8, 4) is 17.0 Å². The second kappa shape index (κ2) is 9.05. The predicted octanol–water partition coefficient (Wildman–Crippen LogP) is 3.81. The van der Waals surface area contributed by atoms with E-state index in [0.29, 0.717) is 17.0 Å². The molecular weight excluding hydrogens is 430 g/mol. The highest BCUT2D eigenvalue weighted by molar-refractivity contribution is 7.89. The molecule has 0 aliphatic carbocycles. The van der Waals surface area contributed by atoms with Crippen LogP contribution in [0.15, 0.2) is 59.8 Å². The molecule has 0 aliphatic heterocycles. The van der Waals surface area contributed by atoms with Crippen LogP contribution >= 0.6 is 0 Å². The largest absolute Gasteiger partial charge is 0.487 e. The number of hydrogen-bond donors (Lipinski definition) is 2. The van der Waals surface area contributed by atoms with Crippen LogP contribution in [-0.2, 0) is 16.6 Å². The number of benzene rings is 1. The summed E-state index contributed by atoms with van der Waals surface area (Å²) in [5.41, 5.74) is 2.05. The molecule has 0 fully saturated rings. The summed E-state index contributed by atoms with van der Waals surface area (Å²) in [4.78, 5) is 19.3. The molecule has 0 saturated carbocycles. The molecule has 0 saturated heterocycles. The first-order chi connectivity index (χ1) is 14.9. The minimum absolute atomic E-state index is 0.0618. The molecule has 2 heterocycles. The molecule has 0 spiro atoms. The maximum absolute atomic E-state index is 12.9. The normalized spacial score (nSPS) is 11.9. The summed E-state index contributed by atoms with van der Waals surface area (Å²) in [6, 6.07) is 11.6. The number of carboxylic acid groups (broad SMARTS) is 1. The molecule has 32 heavy (non-hydrogen) atoms. The van der Waals surface area contributed by atoms with Crippen LogP contribution < -0.4 is 9.46 Å². The van der Waals surface area contributed by atoms with Crippen LogP contribution in [0.25, 0.3) is 11.3 Å². The molecule has 0 amide bonds. The summed E-state index contributed by atoms with van der Waals surface area (Å²) in [5.74, 6) is -0.675. The van der Waals surface area contributed by atoms with Gasteiger partial charge >= 0.3 is 5.97 Å². The van der Waals surface area contributed by atoms with Gasteiger partial charge in [-0.2, -0.15) is 0 Å². The fourth-order valence-electron chi connectivity index (χ4n) is 2.96. The molecule has 0 atom stereocenters. The van der Waals surface area contributed by atoms with Gasteiger partial charge in [-0.25, -0.2) is 22.9 Å². The third kappa shape index (κ3) is 5.89. The summed E-state index contributed by atoms with van der Waals surface area (Å²) >= 11 is 0. The Balaban J connectivity index is 1.81. The van der Waals surface area contributed by atoms with Gasteiger partial charge in [-0.15, -0.1) is 0 Å². The van der Waals surface area contributed by atoms with Crippen LogP contribution in [0.5, 0.6) is 5.75 Å². The lowest BCUT2D eigenvalue weighted by atomic mass is 10.1. The molecule has 0 aliphatic rings. The van der Waals surface area contributed by atoms with Crippen molar-refractivity contribution in [3.63, 3.8) is 0 Å². The summed E-state index contributed by atoms with van der Waals surface area (Å²) in [6.07, 6.45) is 2.96. The highest BCUT2D eigenvalue weighted by Gasteiger charge is 2.25. The molecule has 3 rings (SSSR count). The number of hydrogen-bond acceptors (Lipinski definition) is 6. The molecule has 2 N–H and O–H groups in total.